The minimum absolute atomic E-state index is 0.00485. The number of halogens is 4. The number of aliphatic hydroxyl groups excluding tert-OH is 1. The number of alkyl halides is 1. The van der Waals surface area contributed by atoms with E-state index in [9.17, 15) is 19.0 Å². The third-order valence-electron chi connectivity index (χ3n) is 2.87. The van der Waals surface area contributed by atoms with Crippen LogP contribution in [-0.2, 0) is 6.42 Å². The van der Waals surface area contributed by atoms with Crippen molar-refractivity contribution in [3.63, 3.8) is 0 Å². The SMILES string of the molecule is Oc1cc(F)c(C(O)Cl)cc1Cc1cccc(Cl)c1F. The predicted molar refractivity (Wildman–Crippen MR) is 73.1 cm³/mol. The lowest BCUT2D eigenvalue weighted by molar-refractivity contribution is 0.256. The van der Waals surface area contributed by atoms with Gasteiger partial charge in [0, 0.05) is 18.1 Å². The molecule has 0 aliphatic rings. The molecular formula is C14H10Cl2F2O2. The van der Waals surface area contributed by atoms with Crippen molar-refractivity contribution in [1.82, 2.24) is 0 Å². The van der Waals surface area contributed by atoms with Gasteiger partial charge in [-0.2, -0.15) is 0 Å². The Balaban J connectivity index is 2.43. The van der Waals surface area contributed by atoms with E-state index in [2.05, 4.69) is 0 Å². The van der Waals surface area contributed by atoms with Crippen molar-refractivity contribution in [2.75, 3.05) is 0 Å². The molecule has 20 heavy (non-hydrogen) atoms. The van der Waals surface area contributed by atoms with E-state index in [1.54, 1.807) is 6.07 Å². The fraction of sp³-hybridized carbons (Fsp3) is 0.143. The first-order valence-electron chi connectivity index (χ1n) is 5.66. The van der Waals surface area contributed by atoms with E-state index in [1.165, 1.54) is 18.2 Å². The minimum Gasteiger partial charge on any atom is -0.508 e. The zero-order chi connectivity index (χ0) is 14.9. The summed E-state index contributed by atoms with van der Waals surface area (Å²) >= 11 is 11.1. The molecule has 0 amide bonds. The lowest BCUT2D eigenvalue weighted by atomic mass is 10.0. The molecule has 0 aliphatic heterocycles. The summed E-state index contributed by atoms with van der Waals surface area (Å²) in [4.78, 5) is 0. The van der Waals surface area contributed by atoms with E-state index in [-0.39, 0.29) is 33.9 Å². The number of hydrogen-bond acceptors (Lipinski definition) is 2. The van der Waals surface area contributed by atoms with Crippen LogP contribution in [0.25, 0.3) is 0 Å². The van der Waals surface area contributed by atoms with Crippen molar-refractivity contribution in [3.05, 3.63) is 63.7 Å². The van der Waals surface area contributed by atoms with Crippen molar-refractivity contribution in [2.24, 2.45) is 0 Å². The molecule has 1 atom stereocenters. The first kappa shape index (κ1) is 15.0. The van der Waals surface area contributed by atoms with Crippen LogP contribution in [0.3, 0.4) is 0 Å². The van der Waals surface area contributed by atoms with Crippen LogP contribution in [0.15, 0.2) is 30.3 Å². The third-order valence-corrected chi connectivity index (χ3v) is 3.39. The zero-order valence-electron chi connectivity index (χ0n) is 10.1. The van der Waals surface area contributed by atoms with Gasteiger partial charge in [0.1, 0.15) is 17.4 Å². The van der Waals surface area contributed by atoms with Crippen molar-refractivity contribution in [2.45, 2.75) is 12.0 Å². The van der Waals surface area contributed by atoms with E-state index < -0.39 is 17.2 Å². The molecule has 6 heteroatoms. The van der Waals surface area contributed by atoms with Crippen LogP contribution in [0, 0.1) is 11.6 Å². The molecule has 2 rings (SSSR count). The maximum Gasteiger partial charge on any atom is 0.156 e. The summed E-state index contributed by atoms with van der Waals surface area (Å²) in [6.07, 6.45) is -0.00485. The average Bonchev–Trinajstić information content (AvgIpc) is 2.37. The first-order chi connectivity index (χ1) is 9.40. The summed E-state index contributed by atoms with van der Waals surface area (Å²) in [5.41, 5.74) is -1.24. The van der Waals surface area contributed by atoms with Crippen LogP contribution in [-0.4, -0.2) is 10.2 Å². The van der Waals surface area contributed by atoms with Gasteiger partial charge in [-0.1, -0.05) is 35.3 Å². The molecule has 0 aliphatic carbocycles. The van der Waals surface area contributed by atoms with E-state index in [0.717, 1.165) is 6.07 Å². The highest BCUT2D eigenvalue weighted by molar-refractivity contribution is 6.30. The Hall–Kier alpha value is -1.36. The fourth-order valence-corrected chi connectivity index (χ4v) is 2.20. The van der Waals surface area contributed by atoms with Crippen LogP contribution in [0.4, 0.5) is 8.78 Å². The van der Waals surface area contributed by atoms with Crippen LogP contribution < -0.4 is 0 Å². The van der Waals surface area contributed by atoms with E-state index in [0.29, 0.717) is 0 Å². The molecule has 0 aromatic heterocycles. The van der Waals surface area contributed by atoms with Crippen LogP contribution in [0.5, 0.6) is 5.75 Å². The Bertz CT molecular complexity index is 645. The lowest BCUT2D eigenvalue weighted by Crippen LogP contribution is -1.99. The Kier molecular flexibility index (Phi) is 4.48. The highest BCUT2D eigenvalue weighted by Gasteiger charge is 2.16. The number of phenols is 1. The van der Waals surface area contributed by atoms with Gasteiger partial charge in [0.2, 0.25) is 0 Å². The molecule has 0 fully saturated rings. The van der Waals surface area contributed by atoms with Gasteiger partial charge in [-0.3, -0.25) is 0 Å². The van der Waals surface area contributed by atoms with Gasteiger partial charge in [-0.15, -0.1) is 0 Å². The fourth-order valence-electron chi connectivity index (χ4n) is 1.84. The Morgan fingerprint density at radius 3 is 2.50 bits per heavy atom. The Labute approximate surface area is 124 Å². The van der Waals surface area contributed by atoms with Gasteiger partial charge >= 0.3 is 0 Å². The molecule has 2 N–H and O–H groups in total. The molecule has 2 aromatic rings. The molecule has 0 spiro atoms. The van der Waals surface area contributed by atoms with E-state index in [4.69, 9.17) is 23.2 Å². The molecule has 106 valence electrons. The standard InChI is InChI=1S/C14H10Cl2F2O2/c15-10-3-1-2-7(13(10)18)4-8-5-9(14(16)20)11(17)6-12(8)19/h1-3,5-6,14,19-20H,4H2. The Morgan fingerprint density at radius 1 is 1.15 bits per heavy atom. The first-order valence-corrected chi connectivity index (χ1v) is 6.48. The van der Waals surface area contributed by atoms with Crippen molar-refractivity contribution in [3.8, 4) is 5.75 Å². The topological polar surface area (TPSA) is 40.5 Å². The van der Waals surface area contributed by atoms with Crippen molar-refractivity contribution < 1.29 is 19.0 Å². The molecule has 1 unspecified atom stereocenters. The largest absolute Gasteiger partial charge is 0.508 e. The Morgan fingerprint density at radius 2 is 1.85 bits per heavy atom. The van der Waals surface area contributed by atoms with Gasteiger partial charge in [0.15, 0.2) is 5.56 Å². The summed E-state index contributed by atoms with van der Waals surface area (Å²) in [6.45, 7) is 0. The second kappa shape index (κ2) is 5.95. The van der Waals surface area contributed by atoms with Gasteiger partial charge in [-0.25, -0.2) is 8.78 Å². The van der Waals surface area contributed by atoms with Gasteiger partial charge in [0.25, 0.3) is 0 Å². The number of rotatable bonds is 3. The van der Waals surface area contributed by atoms with Crippen molar-refractivity contribution >= 4 is 23.2 Å². The molecular weight excluding hydrogens is 309 g/mol. The van der Waals surface area contributed by atoms with Crippen LogP contribution in [0.2, 0.25) is 5.02 Å². The lowest BCUT2D eigenvalue weighted by Gasteiger charge is -2.11. The summed E-state index contributed by atoms with van der Waals surface area (Å²) in [6, 6.07) is 6.50. The second-order valence-corrected chi connectivity index (χ2v) is 5.05. The highest BCUT2D eigenvalue weighted by Crippen LogP contribution is 2.30. The molecule has 0 saturated carbocycles. The quantitative estimate of drug-likeness (QED) is 0.835. The van der Waals surface area contributed by atoms with Gasteiger partial charge < -0.3 is 10.2 Å². The van der Waals surface area contributed by atoms with Gasteiger partial charge in [-0.05, 0) is 23.3 Å². The number of aromatic hydroxyl groups is 1. The molecule has 2 nitrogen and oxygen atoms in total. The molecule has 0 radical (unpaired) electrons. The summed E-state index contributed by atoms with van der Waals surface area (Å²) < 4.78 is 27.3. The minimum atomic E-state index is -1.54. The van der Waals surface area contributed by atoms with Crippen molar-refractivity contribution in [1.29, 1.82) is 0 Å². The maximum atomic E-state index is 13.8. The number of hydrogen-bond donors (Lipinski definition) is 2. The molecule has 0 saturated heterocycles. The van der Waals surface area contributed by atoms with Crippen LogP contribution >= 0.6 is 23.2 Å². The molecule has 0 heterocycles. The van der Waals surface area contributed by atoms with Gasteiger partial charge in [0.05, 0.1) is 5.02 Å². The van der Waals surface area contributed by atoms with E-state index >= 15 is 0 Å². The van der Waals surface area contributed by atoms with E-state index in [1.807, 2.05) is 0 Å². The number of benzene rings is 2. The second-order valence-electron chi connectivity index (χ2n) is 4.23. The predicted octanol–water partition coefficient (Wildman–Crippen LogP) is 4.14. The molecule has 0 bridgehead atoms. The maximum absolute atomic E-state index is 13.8. The van der Waals surface area contributed by atoms with Crippen LogP contribution in [0.1, 0.15) is 22.3 Å². The smallest absolute Gasteiger partial charge is 0.156 e. The average molecular weight is 319 g/mol. The zero-order valence-corrected chi connectivity index (χ0v) is 11.6. The highest BCUT2D eigenvalue weighted by atomic mass is 35.5. The summed E-state index contributed by atoms with van der Waals surface area (Å²) in [5.74, 6) is -1.78. The summed E-state index contributed by atoms with van der Waals surface area (Å²) in [5, 5.41) is 18.9. The summed E-state index contributed by atoms with van der Waals surface area (Å²) in [7, 11) is 0. The number of phenolic OH excluding ortho intramolecular Hbond substituents is 1. The molecule has 2 aromatic carbocycles. The normalized spacial score (nSPS) is 12.4. The number of aliphatic hydroxyl groups is 1. The third kappa shape index (κ3) is 3.03. The monoisotopic (exact) mass is 318 g/mol.